The number of aliphatic hydroxyl groups excluding tert-OH is 1. The second kappa shape index (κ2) is 5.52. The van der Waals surface area contributed by atoms with Crippen LogP contribution in [0, 0.1) is 5.41 Å². The maximum Gasteiger partial charge on any atom is 0.242 e. The van der Waals surface area contributed by atoms with Gasteiger partial charge in [0.15, 0.2) is 0 Å². The molecular weight excluding hydrogens is 268 g/mol. The Kier molecular flexibility index (Phi) is 4.01. The number of ether oxygens (including phenoxy) is 1. The summed E-state index contributed by atoms with van der Waals surface area (Å²) in [4.78, 5) is 14.7. The van der Waals surface area contributed by atoms with Gasteiger partial charge in [-0.3, -0.25) is 4.79 Å². The molecule has 0 radical (unpaired) electrons. The average molecular weight is 296 g/mol. The molecule has 21 heavy (non-hydrogen) atoms. The van der Waals surface area contributed by atoms with Crippen molar-refractivity contribution in [2.45, 2.75) is 63.7 Å². The average Bonchev–Trinajstić information content (AvgIpc) is 2.94. The van der Waals surface area contributed by atoms with Crippen molar-refractivity contribution in [1.82, 2.24) is 10.2 Å². The second-order valence-corrected chi connectivity index (χ2v) is 7.08. The molecule has 1 spiro atoms. The highest BCUT2D eigenvalue weighted by atomic mass is 16.5. The minimum absolute atomic E-state index is 0.100. The molecule has 0 bridgehead atoms. The fraction of sp³-hybridized carbons (Fsp3) is 0.938. The number of hydrogen-bond acceptors (Lipinski definition) is 4. The first-order chi connectivity index (χ1) is 10.0. The lowest BCUT2D eigenvalue weighted by Crippen LogP contribution is -2.64. The van der Waals surface area contributed by atoms with Gasteiger partial charge in [-0.1, -0.05) is 0 Å². The molecule has 1 amide bonds. The van der Waals surface area contributed by atoms with Crippen molar-refractivity contribution in [1.29, 1.82) is 0 Å². The lowest BCUT2D eigenvalue weighted by molar-refractivity contribution is -0.210. The Labute approximate surface area is 127 Å². The molecule has 5 nitrogen and oxygen atoms in total. The summed E-state index contributed by atoms with van der Waals surface area (Å²) in [6.45, 7) is 7.15. The summed E-state index contributed by atoms with van der Waals surface area (Å²) in [5, 5.41) is 13.6. The smallest absolute Gasteiger partial charge is 0.242 e. The lowest BCUT2D eigenvalue weighted by Gasteiger charge is -2.57. The molecule has 3 atom stereocenters. The first-order valence-corrected chi connectivity index (χ1v) is 8.36. The predicted molar refractivity (Wildman–Crippen MR) is 79.9 cm³/mol. The monoisotopic (exact) mass is 296 g/mol. The first-order valence-electron chi connectivity index (χ1n) is 8.36. The molecule has 3 aliphatic rings. The minimum Gasteiger partial charge on any atom is -0.392 e. The Morgan fingerprint density at radius 1 is 1.38 bits per heavy atom. The molecule has 2 heterocycles. The zero-order valence-electron chi connectivity index (χ0n) is 13.2. The van der Waals surface area contributed by atoms with E-state index in [1.807, 2.05) is 18.7 Å². The summed E-state index contributed by atoms with van der Waals surface area (Å²) in [6.07, 6.45) is 4.40. The minimum atomic E-state index is -0.373. The molecule has 3 unspecified atom stereocenters. The van der Waals surface area contributed by atoms with E-state index in [0.29, 0.717) is 6.61 Å². The van der Waals surface area contributed by atoms with E-state index in [4.69, 9.17) is 4.74 Å². The molecule has 0 aromatic heterocycles. The van der Waals surface area contributed by atoms with Gasteiger partial charge in [0.1, 0.15) is 0 Å². The van der Waals surface area contributed by atoms with E-state index in [1.165, 1.54) is 0 Å². The van der Waals surface area contributed by atoms with Crippen LogP contribution < -0.4 is 5.32 Å². The number of hydrogen-bond donors (Lipinski definition) is 2. The summed E-state index contributed by atoms with van der Waals surface area (Å²) in [5.41, 5.74) is -0.473. The number of rotatable bonds is 3. The molecule has 5 heteroatoms. The highest BCUT2D eigenvalue weighted by Gasteiger charge is 2.56. The number of carbonyl (C=O) groups is 1. The molecule has 1 saturated carbocycles. The van der Waals surface area contributed by atoms with Gasteiger partial charge in [-0.15, -0.1) is 0 Å². The quantitative estimate of drug-likeness (QED) is 0.812. The Hall–Kier alpha value is -0.650. The van der Waals surface area contributed by atoms with Crippen molar-refractivity contribution < 1.29 is 14.6 Å². The van der Waals surface area contributed by atoms with E-state index in [0.717, 1.165) is 51.7 Å². The fourth-order valence-electron chi connectivity index (χ4n) is 4.37. The van der Waals surface area contributed by atoms with Crippen molar-refractivity contribution in [2.24, 2.45) is 5.41 Å². The number of amides is 1. The van der Waals surface area contributed by atoms with E-state index in [1.54, 1.807) is 0 Å². The Morgan fingerprint density at radius 3 is 2.62 bits per heavy atom. The summed E-state index contributed by atoms with van der Waals surface area (Å²) >= 11 is 0. The predicted octanol–water partition coefficient (Wildman–Crippen LogP) is 0.907. The van der Waals surface area contributed by atoms with Crippen LogP contribution in [-0.4, -0.2) is 59.9 Å². The lowest BCUT2D eigenvalue weighted by atomic mass is 9.58. The highest BCUT2D eigenvalue weighted by Crippen LogP contribution is 2.51. The van der Waals surface area contributed by atoms with Gasteiger partial charge in [-0.2, -0.15) is 0 Å². The fourth-order valence-corrected chi connectivity index (χ4v) is 4.37. The van der Waals surface area contributed by atoms with Crippen molar-refractivity contribution in [3.63, 3.8) is 0 Å². The van der Waals surface area contributed by atoms with Crippen LogP contribution in [0.3, 0.4) is 0 Å². The summed E-state index contributed by atoms with van der Waals surface area (Å²) in [5.74, 6) is 0.233. The third-order valence-corrected chi connectivity index (χ3v) is 5.93. The molecule has 3 fully saturated rings. The number of likely N-dealkylation sites (tertiary alicyclic amines) is 1. The van der Waals surface area contributed by atoms with Crippen molar-refractivity contribution in [2.75, 3.05) is 26.2 Å². The van der Waals surface area contributed by atoms with Crippen molar-refractivity contribution in [3.05, 3.63) is 0 Å². The third-order valence-electron chi connectivity index (χ3n) is 5.93. The Balaban J connectivity index is 1.61. The second-order valence-electron chi connectivity index (χ2n) is 7.08. The molecule has 1 aliphatic carbocycles. The molecule has 120 valence electrons. The normalized spacial score (nSPS) is 38.5. The van der Waals surface area contributed by atoms with Crippen LogP contribution in [0.5, 0.6) is 0 Å². The summed E-state index contributed by atoms with van der Waals surface area (Å²) < 4.78 is 5.78. The Morgan fingerprint density at radius 2 is 2.10 bits per heavy atom. The van der Waals surface area contributed by atoms with Gasteiger partial charge in [0.05, 0.1) is 17.7 Å². The largest absolute Gasteiger partial charge is 0.392 e. The molecule has 2 aliphatic heterocycles. The van der Waals surface area contributed by atoms with Gasteiger partial charge in [-0.05, 0) is 46.1 Å². The molecule has 0 aromatic carbocycles. The number of aliphatic hydroxyl groups is 1. The standard InChI is InChI=1S/C16H28N2O3/c1-3-21-13-11-12(19)16(13)6-9-18(10-7-16)14(20)15(2)5-4-8-17-15/h12-13,17,19H,3-11H2,1-2H3. The van der Waals surface area contributed by atoms with E-state index >= 15 is 0 Å². The first kappa shape index (κ1) is 15.3. The van der Waals surface area contributed by atoms with Gasteiger partial charge in [-0.25, -0.2) is 0 Å². The number of carbonyl (C=O) groups excluding carboxylic acids is 1. The van der Waals surface area contributed by atoms with Gasteiger partial charge in [0.25, 0.3) is 0 Å². The SMILES string of the molecule is CCOC1CC(O)C12CCN(C(=O)C1(C)CCCN1)CC2. The van der Waals surface area contributed by atoms with Gasteiger partial charge < -0.3 is 20.1 Å². The molecular formula is C16H28N2O3. The maximum atomic E-state index is 12.7. The van der Waals surface area contributed by atoms with E-state index in [-0.39, 0.29) is 29.1 Å². The van der Waals surface area contributed by atoms with Crippen LogP contribution in [0.25, 0.3) is 0 Å². The molecule has 2 saturated heterocycles. The van der Waals surface area contributed by atoms with Crippen molar-refractivity contribution >= 4 is 5.91 Å². The van der Waals surface area contributed by atoms with Crippen LogP contribution in [0.4, 0.5) is 0 Å². The zero-order chi connectivity index (χ0) is 15.1. The molecule has 2 N–H and O–H groups in total. The van der Waals surface area contributed by atoms with Gasteiger partial charge in [0.2, 0.25) is 5.91 Å². The van der Waals surface area contributed by atoms with Crippen LogP contribution in [0.15, 0.2) is 0 Å². The van der Waals surface area contributed by atoms with Crippen LogP contribution in [0.2, 0.25) is 0 Å². The van der Waals surface area contributed by atoms with E-state index < -0.39 is 0 Å². The number of nitrogens with zero attached hydrogens (tertiary/aromatic N) is 1. The van der Waals surface area contributed by atoms with E-state index in [9.17, 15) is 9.90 Å². The number of piperidine rings is 1. The molecule has 0 aromatic rings. The summed E-state index contributed by atoms with van der Waals surface area (Å²) in [6, 6.07) is 0. The van der Waals surface area contributed by atoms with Crippen LogP contribution in [-0.2, 0) is 9.53 Å². The third kappa shape index (κ3) is 2.39. The van der Waals surface area contributed by atoms with Crippen LogP contribution >= 0.6 is 0 Å². The summed E-state index contributed by atoms with van der Waals surface area (Å²) in [7, 11) is 0. The highest BCUT2D eigenvalue weighted by molar-refractivity contribution is 5.86. The number of nitrogens with one attached hydrogen (secondary N) is 1. The van der Waals surface area contributed by atoms with Gasteiger partial charge in [0, 0.05) is 31.5 Å². The zero-order valence-corrected chi connectivity index (χ0v) is 13.2. The van der Waals surface area contributed by atoms with Gasteiger partial charge >= 0.3 is 0 Å². The van der Waals surface area contributed by atoms with Crippen LogP contribution in [0.1, 0.15) is 46.0 Å². The Bertz CT molecular complexity index is 396. The topological polar surface area (TPSA) is 61.8 Å². The van der Waals surface area contributed by atoms with Crippen molar-refractivity contribution in [3.8, 4) is 0 Å². The van der Waals surface area contributed by atoms with E-state index in [2.05, 4.69) is 5.32 Å². The maximum absolute atomic E-state index is 12.7. The molecule has 3 rings (SSSR count).